The highest BCUT2D eigenvalue weighted by atomic mass is 127. The smallest absolute Gasteiger partial charge is 0.268 e. The number of H-pyrrole nitrogens is 1. The van der Waals surface area contributed by atoms with Gasteiger partial charge in [-0.25, -0.2) is 0 Å². The van der Waals surface area contributed by atoms with Crippen molar-refractivity contribution < 1.29 is 5.11 Å². The Hall–Kier alpha value is -0.590. The molecule has 0 atom stereocenters. The van der Waals surface area contributed by atoms with Gasteiger partial charge in [-0.05, 0) is 22.6 Å². The highest BCUT2D eigenvalue weighted by Crippen LogP contribution is 2.10. The minimum absolute atomic E-state index is 0.189. The van der Waals surface area contributed by atoms with Crippen molar-refractivity contribution in [2.24, 2.45) is 0 Å². The van der Waals surface area contributed by atoms with Crippen LogP contribution < -0.4 is 5.56 Å². The third kappa shape index (κ3) is 1.70. The molecule has 0 unspecified atom stereocenters. The van der Waals surface area contributed by atoms with Crippen LogP contribution in [0.25, 0.3) is 0 Å². The van der Waals surface area contributed by atoms with Gasteiger partial charge in [-0.2, -0.15) is 4.98 Å². The average molecular weight is 266 g/mol. The zero-order valence-corrected chi connectivity index (χ0v) is 8.05. The van der Waals surface area contributed by atoms with Crippen molar-refractivity contribution in [1.29, 1.82) is 0 Å². The van der Waals surface area contributed by atoms with Gasteiger partial charge in [0.15, 0.2) is 0 Å². The normalized spacial score (nSPS) is 10.0. The van der Waals surface area contributed by atoms with E-state index < -0.39 is 0 Å². The lowest BCUT2D eigenvalue weighted by Gasteiger charge is -1.97. The number of nitrogens with one attached hydrogen (secondary N) is 1. The SMILES string of the molecule is CCc1nc(O)c(I)c(=O)[nH]1. The topological polar surface area (TPSA) is 66.0 Å². The maximum atomic E-state index is 11.0. The molecule has 2 N–H and O–H groups in total. The molecule has 60 valence electrons. The van der Waals surface area contributed by atoms with E-state index in [1.807, 2.05) is 6.92 Å². The first-order valence-electron chi connectivity index (χ1n) is 3.12. The molecule has 1 aromatic rings. The molecule has 0 aliphatic rings. The Morgan fingerprint density at radius 3 is 2.82 bits per heavy atom. The van der Waals surface area contributed by atoms with E-state index in [1.54, 1.807) is 22.6 Å². The fourth-order valence-electron chi connectivity index (χ4n) is 0.660. The molecule has 0 fully saturated rings. The first-order chi connectivity index (χ1) is 5.15. The van der Waals surface area contributed by atoms with Crippen molar-refractivity contribution in [3.8, 4) is 5.88 Å². The van der Waals surface area contributed by atoms with Gasteiger partial charge in [0.25, 0.3) is 5.56 Å². The number of nitrogens with zero attached hydrogens (tertiary/aromatic N) is 1. The standard InChI is InChI=1S/C6H7IN2O2/c1-2-3-8-5(10)4(7)6(11)9-3/h2H2,1H3,(H2,8,9,10,11). The molecule has 0 aliphatic heterocycles. The van der Waals surface area contributed by atoms with Gasteiger partial charge in [-0.1, -0.05) is 6.92 Å². The molecule has 1 rings (SSSR count). The van der Waals surface area contributed by atoms with Crippen molar-refractivity contribution in [2.75, 3.05) is 0 Å². The lowest BCUT2D eigenvalue weighted by molar-refractivity contribution is 0.443. The zero-order chi connectivity index (χ0) is 8.43. The second kappa shape index (κ2) is 3.21. The van der Waals surface area contributed by atoms with Gasteiger partial charge in [0, 0.05) is 6.42 Å². The summed E-state index contributed by atoms with van der Waals surface area (Å²) >= 11 is 1.75. The van der Waals surface area contributed by atoms with Gasteiger partial charge in [0.05, 0.1) is 0 Å². The molecule has 0 radical (unpaired) electrons. The number of aromatic nitrogens is 2. The molecular formula is C6H7IN2O2. The minimum Gasteiger partial charge on any atom is -0.492 e. The van der Waals surface area contributed by atoms with E-state index in [4.69, 9.17) is 5.11 Å². The lowest BCUT2D eigenvalue weighted by atomic mass is 10.4. The van der Waals surface area contributed by atoms with Crippen LogP contribution in [-0.4, -0.2) is 15.1 Å². The van der Waals surface area contributed by atoms with E-state index in [0.29, 0.717) is 12.2 Å². The van der Waals surface area contributed by atoms with E-state index in [-0.39, 0.29) is 15.0 Å². The number of aromatic amines is 1. The third-order valence-electron chi connectivity index (χ3n) is 1.23. The maximum absolute atomic E-state index is 11.0. The summed E-state index contributed by atoms with van der Waals surface area (Å²) in [6, 6.07) is 0. The van der Waals surface area contributed by atoms with Crippen molar-refractivity contribution in [3.63, 3.8) is 0 Å². The highest BCUT2D eigenvalue weighted by molar-refractivity contribution is 14.1. The number of halogens is 1. The fraction of sp³-hybridized carbons (Fsp3) is 0.333. The molecule has 0 saturated carbocycles. The molecule has 0 aliphatic carbocycles. The van der Waals surface area contributed by atoms with Crippen LogP contribution in [0.1, 0.15) is 12.7 Å². The van der Waals surface area contributed by atoms with Crippen LogP contribution >= 0.6 is 22.6 Å². The van der Waals surface area contributed by atoms with Crippen LogP contribution in [-0.2, 0) is 6.42 Å². The summed E-state index contributed by atoms with van der Waals surface area (Å²) in [5.41, 5.74) is -0.282. The quantitative estimate of drug-likeness (QED) is 0.733. The summed E-state index contributed by atoms with van der Waals surface area (Å²) < 4.78 is 0.236. The molecular weight excluding hydrogens is 259 g/mol. The highest BCUT2D eigenvalue weighted by Gasteiger charge is 2.04. The largest absolute Gasteiger partial charge is 0.492 e. The Labute approximate surface area is 76.8 Å². The molecule has 0 amide bonds. The van der Waals surface area contributed by atoms with Gasteiger partial charge >= 0.3 is 0 Å². The Kier molecular flexibility index (Phi) is 2.48. The molecule has 5 heteroatoms. The zero-order valence-electron chi connectivity index (χ0n) is 5.89. The van der Waals surface area contributed by atoms with Crippen LogP contribution in [0.2, 0.25) is 0 Å². The fourth-order valence-corrected chi connectivity index (χ4v) is 0.915. The molecule has 0 aromatic carbocycles. The number of aromatic hydroxyl groups is 1. The third-order valence-corrected chi connectivity index (χ3v) is 2.20. The van der Waals surface area contributed by atoms with Crippen molar-refractivity contribution in [1.82, 2.24) is 9.97 Å². The summed E-state index contributed by atoms with van der Waals surface area (Å²) in [5.74, 6) is 0.319. The average Bonchev–Trinajstić information content (AvgIpc) is 1.99. The monoisotopic (exact) mass is 266 g/mol. The first kappa shape index (κ1) is 8.51. The molecule has 0 saturated heterocycles. The molecule has 1 heterocycles. The van der Waals surface area contributed by atoms with Gasteiger partial charge in [0.1, 0.15) is 9.39 Å². The van der Waals surface area contributed by atoms with Crippen LogP contribution in [0.15, 0.2) is 4.79 Å². The number of hydrogen-bond donors (Lipinski definition) is 2. The molecule has 11 heavy (non-hydrogen) atoms. The van der Waals surface area contributed by atoms with Crippen molar-refractivity contribution in [3.05, 3.63) is 19.7 Å². The number of hydrogen-bond acceptors (Lipinski definition) is 3. The minimum atomic E-state index is -0.282. The lowest BCUT2D eigenvalue weighted by Crippen LogP contribution is -2.13. The first-order valence-corrected chi connectivity index (χ1v) is 4.20. The van der Waals surface area contributed by atoms with E-state index in [2.05, 4.69) is 9.97 Å². The van der Waals surface area contributed by atoms with Crippen molar-refractivity contribution >= 4 is 22.6 Å². The second-order valence-corrected chi connectivity index (χ2v) is 3.08. The second-order valence-electron chi connectivity index (χ2n) is 2.00. The van der Waals surface area contributed by atoms with E-state index >= 15 is 0 Å². The van der Waals surface area contributed by atoms with Gasteiger partial charge in [-0.3, -0.25) is 4.79 Å². The summed E-state index contributed by atoms with van der Waals surface area (Å²) in [7, 11) is 0. The molecule has 0 bridgehead atoms. The Bertz CT molecular complexity index is 321. The molecule has 0 spiro atoms. The summed E-state index contributed by atoms with van der Waals surface area (Å²) in [5, 5.41) is 9.07. The molecule has 1 aromatic heterocycles. The number of aryl methyl sites for hydroxylation is 1. The summed E-state index contributed by atoms with van der Waals surface area (Å²) in [4.78, 5) is 17.2. The van der Waals surface area contributed by atoms with E-state index in [1.165, 1.54) is 0 Å². The van der Waals surface area contributed by atoms with Gasteiger partial charge in [-0.15, -0.1) is 0 Å². The van der Waals surface area contributed by atoms with E-state index in [0.717, 1.165) is 0 Å². The predicted molar refractivity (Wildman–Crippen MR) is 48.6 cm³/mol. The van der Waals surface area contributed by atoms with E-state index in [9.17, 15) is 4.79 Å². The predicted octanol–water partition coefficient (Wildman–Crippen LogP) is 0.642. The maximum Gasteiger partial charge on any atom is 0.268 e. The van der Waals surface area contributed by atoms with Crippen LogP contribution in [0.4, 0.5) is 0 Å². The Morgan fingerprint density at radius 1 is 1.73 bits per heavy atom. The summed E-state index contributed by atoms with van der Waals surface area (Å²) in [6.45, 7) is 1.85. The van der Waals surface area contributed by atoms with Crippen molar-refractivity contribution in [2.45, 2.75) is 13.3 Å². The van der Waals surface area contributed by atoms with Gasteiger partial charge in [0.2, 0.25) is 5.88 Å². The Morgan fingerprint density at radius 2 is 2.36 bits per heavy atom. The molecule has 4 nitrogen and oxygen atoms in total. The Balaban J connectivity index is 3.32. The van der Waals surface area contributed by atoms with Crippen LogP contribution in [0.5, 0.6) is 5.88 Å². The van der Waals surface area contributed by atoms with Crippen LogP contribution in [0.3, 0.4) is 0 Å². The van der Waals surface area contributed by atoms with Crippen LogP contribution in [0, 0.1) is 3.57 Å². The number of rotatable bonds is 1. The van der Waals surface area contributed by atoms with Gasteiger partial charge < -0.3 is 10.1 Å². The summed E-state index contributed by atoms with van der Waals surface area (Å²) in [6.07, 6.45) is 0.611.